The molecule has 7 heteroatoms. The molecule has 1 aromatic heterocycles. The highest BCUT2D eigenvalue weighted by Crippen LogP contribution is 2.19. The second kappa shape index (κ2) is 8.45. The molecule has 0 fully saturated rings. The molecule has 0 spiro atoms. The average molecular weight is 362 g/mol. The van der Waals surface area contributed by atoms with Gasteiger partial charge in [0, 0.05) is 23.4 Å². The lowest BCUT2D eigenvalue weighted by Gasteiger charge is -2.06. The van der Waals surface area contributed by atoms with Gasteiger partial charge in [0.15, 0.2) is 5.84 Å². The number of nitriles is 1. The summed E-state index contributed by atoms with van der Waals surface area (Å²) in [7, 11) is 0. The summed E-state index contributed by atoms with van der Waals surface area (Å²) in [6.45, 7) is 0.129. The zero-order chi connectivity index (χ0) is 19.1. The molecule has 0 aliphatic rings. The molecule has 0 bridgehead atoms. The third-order valence-corrected chi connectivity index (χ3v) is 3.59. The summed E-state index contributed by atoms with van der Waals surface area (Å²) in [6, 6.07) is 18.1. The summed E-state index contributed by atoms with van der Waals surface area (Å²) in [6.07, 6.45) is 1.49. The number of hydrogen-bond acceptors (Lipinski definition) is 5. The second-order valence-corrected chi connectivity index (χ2v) is 5.46. The second-order valence-electron chi connectivity index (χ2n) is 5.46. The van der Waals surface area contributed by atoms with E-state index in [0.717, 1.165) is 5.56 Å². The van der Waals surface area contributed by atoms with Crippen LogP contribution in [-0.2, 0) is 11.4 Å². The number of amidine groups is 1. The van der Waals surface area contributed by atoms with Crippen LogP contribution in [0.4, 0.5) is 4.39 Å². The van der Waals surface area contributed by atoms with Crippen LogP contribution < -0.4 is 10.5 Å². The molecule has 0 saturated carbocycles. The molecule has 3 aromatic rings. The van der Waals surface area contributed by atoms with Gasteiger partial charge in [0.05, 0.1) is 11.6 Å². The topological polar surface area (TPSA) is 93.5 Å². The minimum absolute atomic E-state index is 0.129. The van der Waals surface area contributed by atoms with Crippen molar-refractivity contribution in [1.82, 2.24) is 4.98 Å². The van der Waals surface area contributed by atoms with Crippen LogP contribution in [0.2, 0.25) is 0 Å². The van der Waals surface area contributed by atoms with E-state index < -0.39 is 0 Å². The van der Waals surface area contributed by atoms with Gasteiger partial charge in [-0.1, -0.05) is 23.4 Å². The summed E-state index contributed by atoms with van der Waals surface area (Å²) in [4.78, 5) is 9.37. The number of benzene rings is 2. The lowest BCUT2D eigenvalue weighted by atomic mass is 10.1. The molecule has 6 nitrogen and oxygen atoms in total. The van der Waals surface area contributed by atoms with Gasteiger partial charge in [-0.2, -0.15) is 5.26 Å². The summed E-state index contributed by atoms with van der Waals surface area (Å²) < 4.78 is 18.4. The number of nitrogens with zero attached hydrogens (tertiary/aromatic N) is 3. The molecule has 0 aliphatic carbocycles. The van der Waals surface area contributed by atoms with E-state index in [4.69, 9.17) is 20.6 Å². The molecule has 0 atom stereocenters. The van der Waals surface area contributed by atoms with Gasteiger partial charge in [-0.05, 0) is 36.4 Å². The molecular weight excluding hydrogens is 347 g/mol. The van der Waals surface area contributed by atoms with Crippen molar-refractivity contribution in [3.63, 3.8) is 0 Å². The van der Waals surface area contributed by atoms with E-state index in [1.807, 2.05) is 6.07 Å². The van der Waals surface area contributed by atoms with Gasteiger partial charge in [0.25, 0.3) is 0 Å². The number of rotatable bonds is 6. The molecule has 0 saturated heterocycles. The van der Waals surface area contributed by atoms with Crippen molar-refractivity contribution in [3.8, 4) is 17.7 Å². The quantitative estimate of drug-likeness (QED) is 0.410. The standard InChI is InChI=1S/C20H15FN4O2/c21-17-6-8-18(9-7-17)27-19-10-5-15(12-24-19)20(23)25-26-13-16-4-2-1-3-14(16)11-22/h1-10,12H,13H2,(H2,23,25). The largest absolute Gasteiger partial charge is 0.439 e. The Morgan fingerprint density at radius 3 is 2.59 bits per heavy atom. The summed E-state index contributed by atoms with van der Waals surface area (Å²) >= 11 is 0. The molecule has 134 valence electrons. The predicted octanol–water partition coefficient (Wildman–Crippen LogP) is 3.72. The Balaban J connectivity index is 1.61. The number of hydrogen-bond donors (Lipinski definition) is 1. The number of ether oxygens (including phenoxy) is 1. The van der Waals surface area contributed by atoms with Crippen LogP contribution in [-0.4, -0.2) is 10.8 Å². The normalized spacial score (nSPS) is 10.9. The first kappa shape index (κ1) is 17.9. The smallest absolute Gasteiger partial charge is 0.219 e. The maximum atomic E-state index is 12.9. The number of aromatic nitrogens is 1. The van der Waals surface area contributed by atoms with Crippen LogP contribution in [0.3, 0.4) is 0 Å². The SMILES string of the molecule is N#Cc1ccccc1CO/N=C(/N)c1ccc(Oc2ccc(F)cc2)nc1. The van der Waals surface area contributed by atoms with Crippen molar-refractivity contribution in [2.24, 2.45) is 10.9 Å². The first-order valence-corrected chi connectivity index (χ1v) is 7.99. The molecule has 0 amide bonds. The van der Waals surface area contributed by atoms with Crippen LogP contribution in [0, 0.1) is 17.1 Å². The van der Waals surface area contributed by atoms with E-state index in [2.05, 4.69) is 16.2 Å². The fraction of sp³-hybridized carbons (Fsp3) is 0.0500. The molecule has 0 aliphatic heterocycles. The minimum atomic E-state index is -0.341. The Morgan fingerprint density at radius 2 is 1.89 bits per heavy atom. The van der Waals surface area contributed by atoms with E-state index >= 15 is 0 Å². The lowest BCUT2D eigenvalue weighted by Crippen LogP contribution is -2.14. The molecule has 1 heterocycles. The van der Waals surface area contributed by atoms with Gasteiger partial charge in [-0.15, -0.1) is 0 Å². The summed E-state index contributed by atoms with van der Waals surface area (Å²) in [5, 5.41) is 12.9. The molecule has 2 N–H and O–H groups in total. The minimum Gasteiger partial charge on any atom is -0.439 e. The third kappa shape index (κ3) is 4.80. The van der Waals surface area contributed by atoms with Gasteiger partial charge in [0.1, 0.15) is 18.2 Å². The maximum absolute atomic E-state index is 12.9. The monoisotopic (exact) mass is 362 g/mol. The predicted molar refractivity (Wildman–Crippen MR) is 97.4 cm³/mol. The maximum Gasteiger partial charge on any atom is 0.219 e. The van der Waals surface area contributed by atoms with Crippen molar-refractivity contribution in [2.75, 3.05) is 0 Å². The Labute approximate surface area is 155 Å². The van der Waals surface area contributed by atoms with E-state index in [9.17, 15) is 4.39 Å². The third-order valence-electron chi connectivity index (χ3n) is 3.59. The zero-order valence-corrected chi connectivity index (χ0v) is 14.2. The fourth-order valence-electron chi connectivity index (χ4n) is 2.19. The van der Waals surface area contributed by atoms with E-state index in [1.165, 1.54) is 30.5 Å². The van der Waals surface area contributed by atoms with Crippen LogP contribution in [0.1, 0.15) is 16.7 Å². The molecule has 0 unspecified atom stereocenters. The summed E-state index contributed by atoms with van der Waals surface area (Å²) in [5.74, 6) is 0.608. The highest BCUT2D eigenvalue weighted by molar-refractivity contribution is 5.96. The van der Waals surface area contributed by atoms with Crippen molar-refractivity contribution < 1.29 is 14.0 Å². The van der Waals surface area contributed by atoms with Crippen molar-refractivity contribution in [3.05, 3.63) is 89.4 Å². The lowest BCUT2D eigenvalue weighted by molar-refractivity contribution is 0.130. The van der Waals surface area contributed by atoms with Crippen molar-refractivity contribution in [2.45, 2.75) is 6.61 Å². The molecule has 3 rings (SSSR count). The molecule has 0 radical (unpaired) electrons. The zero-order valence-electron chi connectivity index (χ0n) is 14.2. The number of halogens is 1. The van der Waals surface area contributed by atoms with Gasteiger partial charge in [-0.25, -0.2) is 9.37 Å². The Kier molecular flexibility index (Phi) is 5.60. The molecule has 2 aromatic carbocycles. The first-order valence-electron chi connectivity index (χ1n) is 7.99. The molecular formula is C20H15FN4O2. The Hall–Kier alpha value is -3.92. The molecule has 27 heavy (non-hydrogen) atoms. The van der Waals surface area contributed by atoms with Crippen molar-refractivity contribution >= 4 is 5.84 Å². The number of oxime groups is 1. The van der Waals surface area contributed by atoms with Gasteiger partial charge in [0.2, 0.25) is 5.88 Å². The fourth-order valence-corrected chi connectivity index (χ4v) is 2.19. The van der Waals surface area contributed by atoms with Crippen molar-refractivity contribution in [1.29, 1.82) is 5.26 Å². The number of nitrogens with two attached hydrogens (primary N) is 1. The summed E-state index contributed by atoms with van der Waals surface area (Å²) in [5.41, 5.74) is 7.68. The van der Waals surface area contributed by atoms with Crippen LogP contribution in [0.25, 0.3) is 0 Å². The van der Waals surface area contributed by atoms with Gasteiger partial charge < -0.3 is 15.3 Å². The van der Waals surface area contributed by atoms with E-state index in [-0.39, 0.29) is 18.3 Å². The van der Waals surface area contributed by atoms with E-state index in [0.29, 0.717) is 22.8 Å². The highest BCUT2D eigenvalue weighted by atomic mass is 19.1. The average Bonchev–Trinajstić information content (AvgIpc) is 2.70. The van der Waals surface area contributed by atoms with Gasteiger partial charge >= 0.3 is 0 Å². The van der Waals surface area contributed by atoms with Crippen LogP contribution in [0.15, 0.2) is 72.0 Å². The van der Waals surface area contributed by atoms with Crippen LogP contribution in [0.5, 0.6) is 11.6 Å². The number of pyridine rings is 1. The van der Waals surface area contributed by atoms with Crippen LogP contribution >= 0.6 is 0 Å². The van der Waals surface area contributed by atoms with E-state index in [1.54, 1.807) is 30.3 Å². The highest BCUT2D eigenvalue weighted by Gasteiger charge is 2.05. The van der Waals surface area contributed by atoms with Gasteiger partial charge in [-0.3, -0.25) is 0 Å². The Morgan fingerprint density at radius 1 is 1.11 bits per heavy atom. The first-order chi connectivity index (χ1) is 13.2. The Bertz CT molecular complexity index is 980.